The van der Waals surface area contributed by atoms with Crippen LogP contribution in [0.3, 0.4) is 0 Å². The quantitative estimate of drug-likeness (QED) is 0.119. The third-order valence-electron chi connectivity index (χ3n) is 7.48. The molecule has 5 rings (SSSR count). The van der Waals surface area contributed by atoms with E-state index in [1.165, 1.54) is 18.5 Å². The lowest BCUT2D eigenvalue weighted by molar-refractivity contribution is 0.142. The standard InChI is InChI=1S/C34H38ClFN6O4/c1-33(2,3)23-11-19(12-24(30(23)43)34(4,5)6)16-39-42-32(44)41-28-14-22-27(15-29(28)46-21-9-10-45-17-21)37-18-38-31(22)40-20-7-8-26(36)25(35)13-20/h7-8,11-16,18,21,43H,9-10,17H2,1-6H3,(H,37,38,40)(H2,41,42,44)/b39-16+/t21-/m0/s1. The summed E-state index contributed by atoms with van der Waals surface area (Å²) in [7, 11) is 0. The third-order valence-corrected chi connectivity index (χ3v) is 7.77. The molecule has 0 aliphatic carbocycles. The van der Waals surface area contributed by atoms with Crippen LogP contribution < -0.4 is 20.8 Å². The van der Waals surface area contributed by atoms with Crippen LogP contribution in [0.5, 0.6) is 11.5 Å². The van der Waals surface area contributed by atoms with Crippen LogP contribution in [0, 0.1) is 5.82 Å². The van der Waals surface area contributed by atoms with Crippen molar-refractivity contribution in [2.75, 3.05) is 23.8 Å². The van der Waals surface area contributed by atoms with E-state index < -0.39 is 11.8 Å². The number of anilines is 3. The molecule has 4 N–H and O–H groups in total. The number of hydrogen-bond acceptors (Lipinski definition) is 8. The highest BCUT2D eigenvalue weighted by Crippen LogP contribution is 2.40. The molecule has 0 bridgehead atoms. The molecule has 2 amide bonds. The summed E-state index contributed by atoms with van der Waals surface area (Å²) < 4.78 is 25.4. The average Bonchev–Trinajstić information content (AvgIpc) is 3.48. The lowest BCUT2D eigenvalue weighted by Gasteiger charge is -2.27. The van der Waals surface area contributed by atoms with Gasteiger partial charge in [-0.15, -0.1) is 0 Å². The fraction of sp³-hybridized carbons (Fsp3) is 0.353. The first kappa shape index (κ1) is 32.9. The van der Waals surface area contributed by atoms with Crippen LogP contribution in [-0.4, -0.2) is 46.6 Å². The van der Waals surface area contributed by atoms with Gasteiger partial charge in [0.1, 0.15) is 35.6 Å². The Labute approximate surface area is 272 Å². The Morgan fingerprint density at radius 3 is 2.43 bits per heavy atom. The molecule has 1 aliphatic heterocycles. The Kier molecular flexibility index (Phi) is 9.37. The minimum Gasteiger partial charge on any atom is -0.507 e. The predicted octanol–water partition coefficient (Wildman–Crippen LogP) is 7.79. The maximum Gasteiger partial charge on any atom is 0.339 e. The molecule has 1 aromatic heterocycles. The molecule has 0 spiro atoms. The van der Waals surface area contributed by atoms with Gasteiger partial charge in [-0.3, -0.25) is 0 Å². The Bertz CT molecular complexity index is 1760. The van der Waals surface area contributed by atoms with Crippen LogP contribution in [0.2, 0.25) is 5.02 Å². The van der Waals surface area contributed by atoms with Gasteiger partial charge in [-0.2, -0.15) is 5.10 Å². The monoisotopic (exact) mass is 648 g/mol. The fourth-order valence-corrected chi connectivity index (χ4v) is 5.25. The number of hydrogen-bond donors (Lipinski definition) is 4. The molecule has 12 heteroatoms. The summed E-state index contributed by atoms with van der Waals surface area (Å²) >= 11 is 5.97. The van der Waals surface area contributed by atoms with E-state index in [4.69, 9.17) is 21.1 Å². The second kappa shape index (κ2) is 13.1. The predicted molar refractivity (Wildman–Crippen MR) is 179 cm³/mol. The average molecular weight is 649 g/mol. The van der Waals surface area contributed by atoms with E-state index in [-0.39, 0.29) is 27.7 Å². The summed E-state index contributed by atoms with van der Waals surface area (Å²) in [4.78, 5) is 21.9. The Morgan fingerprint density at radius 1 is 1.09 bits per heavy atom. The number of hydrazone groups is 1. The van der Waals surface area contributed by atoms with E-state index >= 15 is 0 Å². The Balaban J connectivity index is 1.42. The largest absolute Gasteiger partial charge is 0.507 e. The number of aromatic nitrogens is 2. The molecule has 10 nitrogen and oxygen atoms in total. The van der Waals surface area contributed by atoms with E-state index in [9.17, 15) is 14.3 Å². The number of rotatable bonds is 7. The summed E-state index contributed by atoms with van der Waals surface area (Å²) in [6, 6.07) is 10.8. The van der Waals surface area contributed by atoms with Crippen molar-refractivity contribution in [2.45, 2.75) is 64.9 Å². The van der Waals surface area contributed by atoms with Gasteiger partial charge in [0.05, 0.1) is 35.7 Å². The molecule has 1 saturated heterocycles. The lowest BCUT2D eigenvalue weighted by atomic mass is 9.78. The van der Waals surface area contributed by atoms with Gasteiger partial charge in [-0.25, -0.2) is 24.6 Å². The van der Waals surface area contributed by atoms with Crippen LogP contribution in [0.15, 0.2) is 53.9 Å². The highest BCUT2D eigenvalue weighted by molar-refractivity contribution is 6.31. The summed E-state index contributed by atoms with van der Waals surface area (Å²) in [5.74, 6) is 0.549. The number of phenolic OH excluding ortho intramolecular Hbond substituents is 1. The van der Waals surface area contributed by atoms with Crippen LogP contribution in [-0.2, 0) is 15.6 Å². The molecule has 0 radical (unpaired) electrons. The van der Waals surface area contributed by atoms with Gasteiger partial charge >= 0.3 is 6.03 Å². The molecule has 0 unspecified atom stereocenters. The molecule has 1 atom stereocenters. The molecule has 4 aromatic rings. The Morgan fingerprint density at radius 2 is 1.80 bits per heavy atom. The van der Waals surface area contributed by atoms with E-state index in [1.54, 1.807) is 24.4 Å². The van der Waals surface area contributed by atoms with Crippen molar-refractivity contribution in [3.63, 3.8) is 0 Å². The molecule has 3 aromatic carbocycles. The zero-order chi connectivity index (χ0) is 33.2. The molecule has 1 aliphatic rings. The van der Waals surface area contributed by atoms with Crippen molar-refractivity contribution in [3.05, 3.63) is 76.3 Å². The van der Waals surface area contributed by atoms with E-state index in [0.717, 1.165) is 16.7 Å². The maximum atomic E-state index is 13.7. The van der Waals surface area contributed by atoms with Gasteiger partial charge in [0.15, 0.2) is 0 Å². The first-order valence-corrected chi connectivity index (χ1v) is 15.3. The molecule has 1 fully saturated rings. The van der Waals surface area contributed by atoms with Gasteiger partial charge in [0.2, 0.25) is 0 Å². The van der Waals surface area contributed by atoms with Crippen LogP contribution in [0.1, 0.15) is 64.7 Å². The highest BCUT2D eigenvalue weighted by Gasteiger charge is 2.26. The third kappa shape index (κ3) is 7.66. The normalized spacial score (nSPS) is 15.3. The molecule has 2 heterocycles. The topological polar surface area (TPSA) is 130 Å². The van der Waals surface area contributed by atoms with E-state index in [1.807, 2.05) is 53.7 Å². The number of amides is 2. The fourth-order valence-electron chi connectivity index (χ4n) is 5.07. The first-order valence-electron chi connectivity index (χ1n) is 14.9. The molecule has 0 saturated carbocycles. The van der Waals surface area contributed by atoms with Gasteiger partial charge in [-0.05, 0) is 52.8 Å². The minimum absolute atomic E-state index is 0.0334. The molecule has 242 valence electrons. The Hall–Kier alpha value is -4.48. The molecular formula is C34H38ClFN6O4. The first-order chi connectivity index (χ1) is 21.7. The van der Waals surface area contributed by atoms with Gasteiger partial charge in [-0.1, -0.05) is 53.1 Å². The summed E-state index contributed by atoms with van der Waals surface area (Å²) in [6.07, 6.45) is 3.45. The summed E-state index contributed by atoms with van der Waals surface area (Å²) in [5, 5.41) is 21.7. The number of phenols is 1. The van der Waals surface area contributed by atoms with Gasteiger partial charge in [0, 0.05) is 34.7 Å². The summed E-state index contributed by atoms with van der Waals surface area (Å²) in [6.45, 7) is 13.2. The van der Waals surface area contributed by atoms with E-state index in [0.29, 0.717) is 53.5 Å². The second-order valence-corrected chi connectivity index (χ2v) is 13.6. The van der Waals surface area contributed by atoms with Crippen molar-refractivity contribution >= 4 is 51.9 Å². The van der Waals surface area contributed by atoms with Crippen LogP contribution >= 0.6 is 11.6 Å². The summed E-state index contributed by atoms with van der Waals surface area (Å²) in [5.41, 5.74) is 5.65. The lowest BCUT2D eigenvalue weighted by Crippen LogP contribution is -2.25. The van der Waals surface area contributed by atoms with Crippen molar-refractivity contribution in [2.24, 2.45) is 5.10 Å². The molecular weight excluding hydrogens is 611 g/mol. The number of carbonyl (C=O) groups excluding carboxylic acids is 1. The number of ether oxygens (including phenoxy) is 2. The van der Waals surface area contributed by atoms with Crippen LogP contribution in [0.25, 0.3) is 10.9 Å². The van der Waals surface area contributed by atoms with Crippen molar-refractivity contribution in [1.82, 2.24) is 15.4 Å². The number of aromatic hydroxyl groups is 1. The van der Waals surface area contributed by atoms with Crippen molar-refractivity contribution in [3.8, 4) is 11.5 Å². The number of fused-ring (bicyclic) bond motifs is 1. The number of benzene rings is 3. The van der Waals surface area contributed by atoms with Crippen LogP contribution in [0.4, 0.5) is 26.4 Å². The number of halogens is 2. The second-order valence-electron chi connectivity index (χ2n) is 13.2. The zero-order valence-corrected chi connectivity index (χ0v) is 27.4. The smallest absolute Gasteiger partial charge is 0.339 e. The number of carbonyl (C=O) groups is 1. The number of nitrogens with one attached hydrogen (secondary N) is 3. The minimum atomic E-state index is -0.606. The van der Waals surface area contributed by atoms with Crippen molar-refractivity contribution < 1.29 is 23.8 Å². The SMILES string of the molecule is CC(C)(C)c1cc(/C=N/NC(=O)Nc2cc3c(Nc4ccc(F)c(Cl)c4)ncnc3cc2O[C@H]2CCOC2)cc(C(C)(C)C)c1O. The van der Waals surface area contributed by atoms with Gasteiger partial charge in [0.25, 0.3) is 0 Å². The number of urea groups is 1. The molecule has 46 heavy (non-hydrogen) atoms. The zero-order valence-electron chi connectivity index (χ0n) is 26.7. The van der Waals surface area contributed by atoms with E-state index in [2.05, 4.69) is 31.1 Å². The van der Waals surface area contributed by atoms with Gasteiger partial charge < -0.3 is 25.2 Å². The highest BCUT2D eigenvalue weighted by atomic mass is 35.5. The number of nitrogens with zero attached hydrogens (tertiary/aromatic N) is 3. The maximum absolute atomic E-state index is 13.7. The van der Waals surface area contributed by atoms with Crippen molar-refractivity contribution in [1.29, 1.82) is 0 Å².